The Kier molecular flexibility index (Phi) is 5.00. The van der Waals surface area contributed by atoms with Gasteiger partial charge in [0.25, 0.3) is 5.91 Å². The molecule has 0 saturated carbocycles. The van der Waals surface area contributed by atoms with Gasteiger partial charge in [-0.05, 0) is 35.0 Å². The molecule has 0 radical (unpaired) electrons. The van der Waals surface area contributed by atoms with Crippen molar-refractivity contribution in [3.05, 3.63) is 46.3 Å². The molecule has 12 heteroatoms. The highest BCUT2D eigenvalue weighted by Crippen LogP contribution is 2.28. The van der Waals surface area contributed by atoms with Crippen molar-refractivity contribution in [1.29, 1.82) is 0 Å². The monoisotopic (exact) mass is 444 g/mol. The molecule has 0 unspecified atom stereocenters. The minimum atomic E-state index is -4.64. The van der Waals surface area contributed by atoms with E-state index in [0.717, 1.165) is 4.68 Å². The Labute approximate surface area is 158 Å². The van der Waals surface area contributed by atoms with Gasteiger partial charge in [-0.1, -0.05) is 5.16 Å². The zero-order valence-electron chi connectivity index (χ0n) is 14.0. The van der Waals surface area contributed by atoms with Gasteiger partial charge in [-0.15, -0.1) is 0 Å². The molecule has 0 aromatic carbocycles. The van der Waals surface area contributed by atoms with Gasteiger partial charge in [0.05, 0.1) is 0 Å². The largest absolute Gasteiger partial charge is 0.435 e. The first-order valence-corrected chi connectivity index (χ1v) is 8.32. The second-order valence-electron chi connectivity index (χ2n) is 5.55. The van der Waals surface area contributed by atoms with Gasteiger partial charge in [0.2, 0.25) is 11.7 Å². The van der Waals surface area contributed by atoms with Crippen LogP contribution < -0.4 is 5.32 Å². The molecule has 142 valence electrons. The third-order valence-corrected chi connectivity index (χ3v) is 3.98. The number of nitrogens with one attached hydrogen (secondary N) is 1. The first kappa shape index (κ1) is 19.0. The van der Waals surface area contributed by atoms with Crippen molar-refractivity contribution in [2.75, 3.05) is 0 Å². The number of halogens is 4. The zero-order chi connectivity index (χ0) is 19.8. The molecule has 1 amide bonds. The smallest absolute Gasteiger partial charge is 0.339 e. The van der Waals surface area contributed by atoms with Crippen LogP contribution >= 0.6 is 15.9 Å². The van der Waals surface area contributed by atoms with Crippen molar-refractivity contribution in [3.8, 4) is 11.4 Å². The molecule has 0 bridgehead atoms. The normalized spacial score (nSPS) is 12.8. The Hall–Kier alpha value is -2.76. The van der Waals surface area contributed by atoms with E-state index in [1.165, 1.54) is 7.05 Å². The van der Waals surface area contributed by atoms with Crippen molar-refractivity contribution in [2.45, 2.75) is 19.1 Å². The molecule has 3 heterocycles. The Morgan fingerprint density at radius 2 is 2.11 bits per heavy atom. The summed E-state index contributed by atoms with van der Waals surface area (Å²) in [6, 6.07) is 3.31. The van der Waals surface area contributed by atoms with E-state index in [1.807, 2.05) is 0 Å². The van der Waals surface area contributed by atoms with Crippen LogP contribution in [0.25, 0.3) is 11.4 Å². The molecule has 0 fully saturated rings. The number of rotatable bonds is 4. The minimum Gasteiger partial charge on any atom is -0.339 e. The van der Waals surface area contributed by atoms with Crippen LogP contribution in [0.2, 0.25) is 0 Å². The molecule has 0 aliphatic carbocycles. The Morgan fingerprint density at radius 1 is 1.37 bits per heavy atom. The van der Waals surface area contributed by atoms with Gasteiger partial charge in [-0.2, -0.15) is 23.3 Å². The Bertz CT molecular complexity index is 984. The molecule has 0 saturated heterocycles. The quantitative estimate of drug-likeness (QED) is 0.620. The van der Waals surface area contributed by atoms with E-state index in [4.69, 9.17) is 4.52 Å². The third-order valence-electron chi connectivity index (χ3n) is 3.55. The number of alkyl halides is 3. The third kappa shape index (κ3) is 4.15. The van der Waals surface area contributed by atoms with Gasteiger partial charge in [0, 0.05) is 24.9 Å². The second-order valence-corrected chi connectivity index (χ2v) is 6.37. The van der Waals surface area contributed by atoms with Crippen molar-refractivity contribution >= 4 is 21.8 Å². The number of pyridine rings is 1. The van der Waals surface area contributed by atoms with Crippen LogP contribution in [-0.2, 0) is 13.2 Å². The summed E-state index contributed by atoms with van der Waals surface area (Å²) in [4.78, 5) is 20.5. The van der Waals surface area contributed by atoms with E-state index in [9.17, 15) is 18.0 Å². The lowest BCUT2D eigenvalue weighted by Crippen LogP contribution is -2.28. The van der Waals surface area contributed by atoms with Crippen LogP contribution in [0.4, 0.5) is 13.2 Å². The second kappa shape index (κ2) is 7.10. The minimum absolute atomic E-state index is 0.101. The van der Waals surface area contributed by atoms with Gasteiger partial charge in [-0.25, -0.2) is 4.98 Å². The Morgan fingerprint density at radius 3 is 2.74 bits per heavy atom. The molecular weight excluding hydrogens is 433 g/mol. The maximum atomic E-state index is 12.7. The molecule has 3 rings (SSSR count). The molecule has 27 heavy (non-hydrogen) atoms. The predicted octanol–water partition coefficient (Wildman–Crippen LogP) is 3.14. The average molecular weight is 445 g/mol. The highest BCUT2D eigenvalue weighted by atomic mass is 79.9. The number of carbonyl (C=O) groups is 1. The molecule has 0 aliphatic rings. The lowest BCUT2D eigenvalue weighted by atomic mass is 10.2. The SMILES string of the molecule is C[C@H](NC(=O)c1cc(C(F)(F)F)nn1C)c1nc(-c2ccnc(Br)c2)no1. The number of aryl methyl sites for hydroxylation is 1. The molecule has 0 aliphatic heterocycles. The molecule has 3 aromatic rings. The van der Waals surface area contributed by atoms with Crippen molar-refractivity contribution in [3.63, 3.8) is 0 Å². The lowest BCUT2D eigenvalue weighted by Gasteiger charge is -2.09. The summed E-state index contributed by atoms with van der Waals surface area (Å²) in [6.45, 7) is 1.57. The number of amides is 1. The molecule has 1 atom stereocenters. The molecular formula is C15H12BrF3N6O2. The fourth-order valence-electron chi connectivity index (χ4n) is 2.22. The molecule has 8 nitrogen and oxygen atoms in total. The first-order chi connectivity index (χ1) is 12.6. The molecule has 1 N–H and O–H groups in total. The fourth-order valence-corrected chi connectivity index (χ4v) is 2.59. The first-order valence-electron chi connectivity index (χ1n) is 7.53. The topological polar surface area (TPSA) is 98.7 Å². The zero-order valence-corrected chi connectivity index (χ0v) is 15.5. The van der Waals surface area contributed by atoms with E-state index in [1.54, 1.807) is 25.3 Å². The lowest BCUT2D eigenvalue weighted by molar-refractivity contribution is -0.141. The number of aromatic nitrogens is 5. The van der Waals surface area contributed by atoms with Gasteiger partial charge in [0.1, 0.15) is 16.3 Å². The average Bonchev–Trinajstić information content (AvgIpc) is 3.21. The van der Waals surface area contributed by atoms with Crippen LogP contribution in [-0.4, -0.2) is 30.8 Å². The van der Waals surface area contributed by atoms with Gasteiger partial charge in [0.15, 0.2) is 5.69 Å². The van der Waals surface area contributed by atoms with E-state index >= 15 is 0 Å². The van der Waals surface area contributed by atoms with Crippen LogP contribution in [0.5, 0.6) is 0 Å². The van der Waals surface area contributed by atoms with Gasteiger partial charge < -0.3 is 9.84 Å². The highest BCUT2D eigenvalue weighted by molar-refractivity contribution is 9.10. The predicted molar refractivity (Wildman–Crippen MR) is 89.3 cm³/mol. The van der Waals surface area contributed by atoms with E-state index < -0.39 is 23.8 Å². The summed E-state index contributed by atoms with van der Waals surface area (Å²) >= 11 is 3.23. The number of hydrogen-bond donors (Lipinski definition) is 1. The summed E-state index contributed by atoms with van der Waals surface area (Å²) in [5, 5.41) is 9.64. The maximum Gasteiger partial charge on any atom is 0.435 e. The summed E-state index contributed by atoms with van der Waals surface area (Å²) in [7, 11) is 1.25. The van der Waals surface area contributed by atoms with Crippen LogP contribution in [0, 0.1) is 0 Å². The number of nitrogens with zero attached hydrogens (tertiary/aromatic N) is 5. The van der Waals surface area contributed by atoms with E-state index in [0.29, 0.717) is 16.2 Å². The summed E-state index contributed by atoms with van der Waals surface area (Å²) in [5.74, 6) is -0.363. The number of hydrogen-bond acceptors (Lipinski definition) is 6. The van der Waals surface area contributed by atoms with Crippen LogP contribution in [0.1, 0.15) is 35.0 Å². The molecule has 3 aromatic heterocycles. The summed E-state index contributed by atoms with van der Waals surface area (Å²) < 4.78 is 44.7. The van der Waals surface area contributed by atoms with Crippen molar-refractivity contribution < 1.29 is 22.5 Å². The Balaban J connectivity index is 1.75. The standard InChI is InChI=1S/C15H12BrF3N6O2/c1-7(14-22-12(24-27-14)8-3-4-20-11(16)5-8)21-13(26)9-6-10(15(17,18)19)23-25(9)2/h3-7H,1-2H3,(H,21,26)/t7-/m0/s1. The number of carbonyl (C=O) groups excluding carboxylic acids is 1. The molecule has 0 spiro atoms. The summed E-state index contributed by atoms with van der Waals surface area (Å²) in [5.41, 5.74) is -0.745. The van der Waals surface area contributed by atoms with Crippen molar-refractivity contribution in [2.24, 2.45) is 7.05 Å². The fraction of sp³-hybridized carbons (Fsp3) is 0.267. The van der Waals surface area contributed by atoms with Crippen LogP contribution in [0.3, 0.4) is 0 Å². The maximum absolute atomic E-state index is 12.7. The van der Waals surface area contributed by atoms with Gasteiger partial charge >= 0.3 is 6.18 Å². The van der Waals surface area contributed by atoms with Crippen LogP contribution in [0.15, 0.2) is 33.5 Å². The van der Waals surface area contributed by atoms with Crippen molar-refractivity contribution in [1.82, 2.24) is 30.2 Å². The van der Waals surface area contributed by atoms with Gasteiger partial charge in [-0.3, -0.25) is 9.48 Å². The highest BCUT2D eigenvalue weighted by Gasteiger charge is 2.35. The van der Waals surface area contributed by atoms with E-state index in [2.05, 4.69) is 41.5 Å². The van der Waals surface area contributed by atoms with E-state index in [-0.39, 0.29) is 17.4 Å². The summed E-state index contributed by atoms with van der Waals surface area (Å²) in [6.07, 6.45) is -3.08.